The number of benzene rings is 1. The van der Waals surface area contributed by atoms with Crippen LogP contribution in [0, 0.1) is 0 Å². The summed E-state index contributed by atoms with van der Waals surface area (Å²) >= 11 is 0. The number of alkyl halides is 3. The van der Waals surface area contributed by atoms with Crippen LogP contribution in [0.25, 0.3) is 0 Å². The number of halogens is 3. The Kier molecular flexibility index (Phi) is 5.50. The topological polar surface area (TPSA) is 53.7 Å². The van der Waals surface area contributed by atoms with Crippen LogP contribution in [0.5, 0.6) is 17.2 Å². The summed E-state index contributed by atoms with van der Waals surface area (Å²) in [7, 11) is 4.35. The van der Waals surface area contributed by atoms with Crippen LogP contribution in [0.1, 0.15) is 12.0 Å². The maximum atomic E-state index is 12.4. The van der Waals surface area contributed by atoms with Gasteiger partial charge < -0.3 is 19.9 Å². The van der Waals surface area contributed by atoms with E-state index < -0.39 is 12.2 Å². The average Bonchev–Trinajstić information content (AvgIpc) is 2.42. The minimum Gasteiger partial charge on any atom is -0.493 e. The first-order valence-electron chi connectivity index (χ1n) is 5.94. The number of nitrogens with two attached hydrogens (primary N) is 1. The number of rotatable bonds is 6. The minimum atomic E-state index is -4.39. The summed E-state index contributed by atoms with van der Waals surface area (Å²) < 4.78 is 52.5. The average molecular weight is 293 g/mol. The van der Waals surface area contributed by atoms with Gasteiger partial charge in [-0.2, -0.15) is 13.2 Å². The summed E-state index contributed by atoms with van der Waals surface area (Å²) in [5, 5.41) is 0. The van der Waals surface area contributed by atoms with Crippen molar-refractivity contribution in [2.45, 2.75) is 25.1 Å². The number of hydrogen-bond acceptors (Lipinski definition) is 4. The van der Waals surface area contributed by atoms with Crippen LogP contribution in [0.3, 0.4) is 0 Å². The maximum absolute atomic E-state index is 12.4. The molecule has 0 amide bonds. The normalized spacial score (nSPS) is 12.9. The van der Waals surface area contributed by atoms with Crippen molar-refractivity contribution in [3.8, 4) is 17.2 Å². The second-order valence-corrected chi connectivity index (χ2v) is 4.22. The maximum Gasteiger partial charge on any atom is 0.403 e. The lowest BCUT2D eigenvalue weighted by atomic mass is 10.0. The van der Waals surface area contributed by atoms with Crippen molar-refractivity contribution in [1.82, 2.24) is 0 Å². The molecule has 0 bridgehead atoms. The zero-order chi connectivity index (χ0) is 15.3. The van der Waals surface area contributed by atoms with Gasteiger partial charge >= 0.3 is 6.18 Å². The van der Waals surface area contributed by atoms with Gasteiger partial charge in [0.2, 0.25) is 5.75 Å². The Bertz CT molecular complexity index is 424. The lowest BCUT2D eigenvalue weighted by Crippen LogP contribution is -2.37. The fourth-order valence-electron chi connectivity index (χ4n) is 1.77. The smallest absolute Gasteiger partial charge is 0.403 e. The molecule has 1 atom stereocenters. The van der Waals surface area contributed by atoms with E-state index in [0.717, 1.165) is 0 Å². The van der Waals surface area contributed by atoms with Crippen LogP contribution >= 0.6 is 0 Å². The Morgan fingerprint density at radius 1 is 1.05 bits per heavy atom. The number of hydrogen-bond donors (Lipinski definition) is 1. The van der Waals surface area contributed by atoms with E-state index in [1.807, 2.05) is 0 Å². The molecule has 7 heteroatoms. The summed E-state index contributed by atoms with van der Waals surface area (Å²) in [5.41, 5.74) is 5.72. The number of methoxy groups -OCH3 is 3. The van der Waals surface area contributed by atoms with Gasteiger partial charge in [-0.15, -0.1) is 0 Å². The summed E-state index contributed by atoms with van der Waals surface area (Å²) in [6.45, 7) is 0. The van der Waals surface area contributed by atoms with E-state index in [0.29, 0.717) is 22.8 Å². The van der Waals surface area contributed by atoms with Crippen LogP contribution < -0.4 is 19.9 Å². The molecular weight excluding hydrogens is 275 g/mol. The quantitative estimate of drug-likeness (QED) is 0.875. The molecule has 0 aromatic heterocycles. The SMILES string of the molecule is COc1cc(CCC(N)C(F)(F)F)cc(OC)c1OC. The van der Waals surface area contributed by atoms with Gasteiger partial charge in [0.05, 0.1) is 21.3 Å². The molecule has 1 rings (SSSR count). The van der Waals surface area contributed by atoms with Crippen molar-refractivity contribution in [1.29, 1.82) is 0 Å². The van der Waals surface area contributed by atoms with Gasteiger partial charge in [-0.1, -0.05) is 0 Å². The van der Waals surface area contributed by atoms with Crippen LogP contribution in [0.15, 0.2) is 12.1 Å². The first kappa shape index (κ1) is 16.4. The first-order valence-corrected chi connectivity index (χ1v) is 5.94. The van der Waals surface area contributed by atoms with E-state index in [9.17, 15) is 13.2 Å². The second-order valence-electron chi connectivity index (χ2n) is 4.22. The molecule has 0 aliphatic heterocycles. The summed E-state index contributed by atoms with van der Waals surface area (Å²) in [6, 6.07) is 1.39. The van der Waals surface area contributed by atoms with Gasteiger partial charge in [-0.05, 0) is 30.5 Å². The summed E-state index contributed by atoms with van der Waals surface area (Å²) in [4.78, 5) is 0. The molecule has 1 aromatic rings. The molecule has 0 saturated heterocycles. The van der Waals surface area contributed by atoms with Crippen molar-refractivity contribution < 1.29 is 27.4 Å². The van der Waals surface area contributed by atoms with E-state index in [1.165, 1.54) is 21.3 Å². The molecule has 20 heavy (non-hydrogen) atoms. The Hall–Kier alpha value is -1.63. The molecule has 4 nitrogen and oxygen atoms in total. The van der Waals surface area contributed by atoms with Crippen LogP contribution in [-0.4, -0.2) is 33.5 Å². The molecule has 2 N–H and O–H groups in total. The largest absolute Gasteiger partial charge is 0.493 e. The lowest BCUT2D eigenvalue weighted by Gasteiger charge is -2.17. The third kappa shape index (κ3) is 3.93. The molecule has 0 fully saturated rings. The highest BCUT2D eigenvalue weighted by Crippen LogP contribution is 2.38. The van der Waals surface area contributed by atoms with Gasteiger partial charge in [-0.3, -0.25) is 0 Å². The molecule has 1 unspecified atom stereocenters. The molecule has 0 saturated carbocycles. The van der Waals surface area contributed by atoms with Gasteiger partial charge in [-0.25, -0.2) is 0 Å². The molecule has 0 aliphatic rings. The molecule has 0 aliphatic carbocycles. The van der Waals surface area contributed by atoms with E-state index in [-0.39, 0.29) is 12.8 Å². The van der Waals surface area contributed by atoms with Crippen molar-refractivity contribution in [3.63, 3.8) is 0 Å². The molecule has 114 valence electrons. The van der Waals surface area contributed by atoms with Crippen LogP contribution in [0.2, 0.25) is 0 Å². The molecule has 1 aromatic carbocycles. The zero-order valence-corrected chi connectivity index (χ0v) is 11.6. The van der Waals surface area contributed by atoms with E-state index >= 15 is 0 Å². The van der Waals surface area contributed by atoms with Crippen molar-refractivity contribution >= 4 is 0 Å². The summed E-state index contributed by atoms with van der Waals surface area (Å²) in [6.07, 6.45) is -4.43. The Balaban J connectivity index is 2.91. The standard InChI is InChI=1S/C13H18F3NO3/c1-18-9-6-8(4-5-11(17)13(14,15)16)7-10(19-2)12(9)20-3/h6-7,11H,4-5,17H2,1-3H3. The second kappa shape index (κ2) is 6.69. The van der Waals surface area contributed by atoms with Gasteiger partial charge in [0.15, 0.2) is 11.5 Å². The molecular formula is C13H18F3NO3. The Morgan fingerprint density at radius 2 is 1.55 bits per heavy atom. The lowest BCUT2D eigenvalue weighted by molar-refractivity contribution is -0.148. The zero-order valence-electron chi connectivity index (χ0n) is 11.6. The molecule has 0 heterocycles. The van der Waals surface area contributed by atoms with Crippen molar-refractivity contribution in [2.24, 2.45) is 5.73 Å². The van der Waals surface area contributed by atoms with Crippen molar-refractivity contribution in [2.75, 3.05) is 21.3 Å². The van der Waals surface area contributed by atoms with E-state index in [4.69, 9.17) is 19.9 Å². The van der Waals surface area contributed by atoms with Gasteiger partial charge in [0, 0.05) is 0 Å². The third-order valence-corrected chi connectivity index (χ3v) is 2.89. The predicted octanol–water partition coefficient (Wildman–Crippen LogP) is 2.53. The van der Waals surface area contributed by atoms with Gasteiger partial charge in [0.1, 0.15) is 6.04 Å². The van der Waals surface area contributed by atoms with Crippen molar-refractivity contribution in [3.05, 3.63) is 17.7 Å². The highest BCUT2D eigenvalue weighted by Gasteiger charge is 2.36. The van der Waals surface area contributed by atoms with Gasteiger partial charge in [0.25, 0.3) is 0 Å². The minimum absolute atomic E-state index is 0.164. The summed E-state index contributed by atoms with van der Waals surface area (Å²) in [5.74, 6) is 1.21. The van der Waals surface area contributed by atoms with E-state index in [2.05, 4.69) is 0 Å². The van der Waals surface area contributed by atoms with Crippen LogP contribution in [-0.2, 0) is 6.42 Å². The number of aryl methyl sites for hydroxylation is 1. The Morgan fingerprint density at radius 3 is 1.90 bits per heavy atom. The van der Waals surface area contributed by atoms with Crippen LogP contribution in [0.4, 0.5) is 13.2 Å². The predicted molar refractivity (Wildman–Crippen MR) is 68.4 cm³/mol. The fraction of sp³-hybridized carbons (Fsp3) is 0.538. The number of ether oxygens (including phenoxy) is 3. The monoisotopic (exact) mass is 293 g/mol. The first-order chi connectivity index (χ1) is 9.33. The Labute approximate surface area is 115 Å². The molecule has 0 radical (unpaired) electrons. The third-order valence-electron chi connectivity index (χ3n) is 2.89. The molecule has 0 spiro atoms. The highest BCUT2D eigenvalue weighted by atomic mass is 19.4. The highest BCUT2D eigenvalue weighted by molar-refractivity contribution is 5.53. The fourth-order valence-corrected chi connectivity index (χ4v) is 1.77. The van der Waals surface area contributed by atoms with E-state index in [1.54, 1.807) is 12.1 Å².